The first-order chi connectivity index (χ1) is 15.5. The predicted octanol–water partition coefficient (Wildman–Crippen LogP) is 2.58. The molecule has 0 saturated carbocycles. The summed E-state index contributed by atoms with van der Waals surface area (Å²) in [4.78, 5) is 37.2. The minimum absolute atomic E-state index is 0.291. The van der Waals surface area contributed by atoms with E-state index in [-0.39, 0.29) is 5.97 Å². The van der Waals surface area contributed by atoms with Crippen molar-refractivity contribution in [1.29, 1.82) is 0 Å². The smallest absolute Gasteiger partial charge is 0.423 e. The molecule has 1 fully saturated rings. The zero-order valence-corrected chi connectivity index (χ0v) is 19.5. The second-order valence-electron chi connectivity index (χ2n) is 7.92. The van der Waals surface area contributed by atoms with Crippen molar-refractivity contribution >= 4 is 40.6 Å². The van der Waals surface area contributed by atoms with Crippen LogP contribution in [-0.4, -0.2) is 61.9 Å². The van der Waals surface area contributed by atoms with E-state index in [1.807, 2.05) is 38.1 Å². The van der Waals surface area contributed by atoms with Gasteiger partial charge >= 0.3 is 12.1 Å². The lowest BCUT2D eigenvalue weighted by Crippen LogP contribution is -2.51. The fraction of sp³-hybridized carbons (Fsp3) is 0.435. The standard InChI is InChI=1S/C23H28N4O4S/c1-4-7-20(28)30-15-31-23(29)27-19-9-6-5-8-18(19)24-21-17(14-16(2)32-21)22(27)26-12-10-25(3)11-13-26/h5-6,8-9,14H,4,7,10-13,15H2,1-3H3. The normalized spacial score (nSPS) is 16.0. The number of para-hydroxylation sites is 2. The van der Waals surface area contributed by atoms with Gasteiger partial charge in [0.1, 0.15) is 10.5 Å². The number of hydrogen-bond donors (Lipinski definition) is 0. The summed E-state index contributed by atoms with van der Waals surface area (Å²) in [6.07, 6.45) is 0.372. The summed E-state index contributed by atoms with van der Waals surface area (Å²) in [5, 5.41) is 0.910. The largest absolute Gasteiger partial charge is 0.428 e. The van der Waals surface area contributed by atoms with E-state index in [2.05, 4.69) is 22.9 Å². The van der Waals surface area contributed by atoms with Crippen molar-refractivity contribution in [3.8, 4) is 0 Å². The highest BCUT2D eigenvalue weighted by molar-refractivity contribution is 7.09. The zero-order valence-electron chi connectivity index (χ0n) is 18.7. The van der Waals surface area contributed by atoms with Crippen molar-refractivity contribution < 1.29 is 19.1 Å². The molecule has 0 bridgehead atoms. The van der Waals surface area contributed by atoms with Gasteiger partial charge in [0.05, 0.1) is 16.6 Å². The minimum atomic E-state index is -0.595. The van der Waals surface area contributed by atoms with E-state index in [1.54, 1.807) is 16.2 Å². The van der Waals surface area contributed by atoms with Crippen LogP contribution in [0, 0.1) is 6.92 Å². The number of amides is 1. The Bertz CT molecular complexity index is 1120. The fourth-order valence-electron chi connectivity index (χ4n) is 3.84. The van der Waals surface area contributed by atoms with Gasteiger partial charge in [0, 0.05) is 37.5 Å². The van der Waals surface area contributed by atoms with E-state index in [1.165, 1.54) is 0 Å². The van der Waals surface area contributed by atoms with Crippen LogP contribution in [0.1, 0.15) is 24.6 Å². The molecule has 4 rings (SSSR count). The number of likely N-dealkylation sites (N-methyl/N-ethyl adjacent to an activating group) is 1. The van der Waals surface area contributed by atoms with Crippen molar-refractivity contribution in [1.82, 2.24) is 9.80 Å². The van der Waals surface area contributed by atoms with Crippen LogP contribution in [-0.2, 0) is 14.3 Å². The molecular formula is C23H28N4O4S. The third-order valence-corrected chi connectivity index (χ3v) is 6.42. The molecule has 0 radical (unpaired) electrons. The summed E-state index contributed by atoms with van der Waals surface area (Å²) in [5.41, 5.74) is 1.34. The van der Waals surface area contributed by atoms with E-state index in [4.69, 9.17) is 14.5 Å². The third-order valence-electron chi connectivity index (χ3n) is 5.47. The van der Waals surface area contributed by atoms with Gasteiger partial charge in [-0.05, 0) is 38.6 Å². The Balaban J connectivity index is 1.76. The Morgan fingerprint density at radius 1 is 1.12 bits per heavy atom. The highest BCUT2D eigenvalue weighted by Gasteiger charge is 2.32. The molecule has 2 aliphatic rings. The predicted molar refractivity (Wildman–Crippen MR) is 123 cm³/mol. The quantitative estimate of drug-likeness (QED) is 0.509. The first-order valence-corrected chi connectivity index (χ1v) is 11.6. The van der Waals surface area contributed by atoms with Crippen molar-refractivity contribution in [2.45, 2.75) is 26.7 Å². The SMILES string of the molecule is CCCC(=O)OCOC(=O)N1C(N2CCN(C)CC2)=c2cc(C)sc2=Nc2ccccc21. The molecule has 1 aromatic carbocycles. The van der Waals surface area contributed by atoms with Crippen molar-refractivity contribution in [2.24, 2.45) is 4.99 Å². The topological polar surface area (TPSA) is 74.7 Å². The van der Waals surface area contributed by atoms with E-state index >= 15 is 0 Å². The van der Waals surface area contributed by atoms with E-state index < -0.39 is 12.9 Å². The molecule has 0 spiro atoms. The third kappa shape index (κ3) is 4.63. The van der Waals surface area contributed by atoms with Crippen LogP contribution >= 0.6 is 11.3 Å². The van der Waals surface area contributed by atoms with Gasteiger partial charge in [0.15, 0.2) is 0 Å². The summed E-state index contributed by atoms with van der Waals surface area (Å²) in [5.74, 6) is 0.376. The molecule has 32 heavy (non-hydrogen) atoms. The highest BCUT2D eigenvalue weighted by atomic mass is 32.1. The van der Waals surface area contributed by atoms with Crippen LogP contribution in [0.5, 0.6) is 0 Å². The van der Waals surface area contributed by atoms with E-state index in [0.29, 0.717) is 24.2 Å². The fourth-order valence-corrected chi connectivity index (χ4v) is 4.72. The first kappa shape index (κ1) is 22.3. The van der Waals surface area contributed by atoms with Crippen LogP contribution in [0.15, 0.2) is 35.3 Å². The molecule has 9 heteroatoms. The monoisotopic (exact) mass is 456 g/mol. The van der Waals surface area contributed by atoms with Gasteiger partial charge in [-0.1, -0.05) is 19.1 Å². The van der Waals surface area contributed by atoms with Gasteiger partial charge in [-0.15, -0.1) is 11.3 Å². The maximum atomic E-state index is 13.4. The second-order valence-corrected chi connectivity index (χ2v) is 9.15. The van der Waals surface area contributed by atoms with Gasteiger partial charge in [0.2, 0.25) is 6.79 Å². The zero-order chi connectivity index (χ0) is 22.7. The van der Waals surface area contributed by atoms with Gasteiger partial charge in [-0.25, -0.2) is 14.7 Å². The number of fused-ring (bicyclic) bond motifs is 2. The van der Waals surface area contributed by atoms with Gasteiger partial charge < -0.3 is 19.3 Å². The van der Waals surface area contributed by atoms with Crippen LogP contribution in [0.25, 0.3) is 5.82 Å². The average Bonchev–Trinajstić information content (AvgIpc) is 3.06. The van der Waals surface area contributed by atoms with Crippen LogP contribution < -0.4 is 14.8 Å². The molecule has 2 aliphatic heterocycles. The molecule has 0 aliphatic carbocycles. The molecule has 8 nitrogen and oxygen atoms in total. The first-order valence-electron chi connectivity index (χ1n) is 10.8. The molecule has 1 amide bonds. The average molecular weight is 457 g/mol. The lowest BCUT2D eigenvalue weighted by Gasteiger charge is -2.38. The minimum Gasteiger partial charge on any atom is -0.428 e. The van der Waals surface area contributed by atoms with Crippen LogP contribution in [0.2, 0.25) is 0 Å². The maximum Gasteiger partial charge on any atom is 0.423 e. The number of hydrogen-bond acceptors (Lipinski definition) is 8. The molecule has 1 aromatic heterocycles. The molecule has 3 heterocycles. The summed E-state index contributed by atoms with van der Waals surface area (Å²) in [7, 11) is 2.09. The number of carbonyl (C=O) groups is 2. The number of benzene rings is 1. The van der Waals surface area contributed by atoms with E-state index in [0.717, 1.165) is 46.8 Å². The number of esters is 1. The number of anilines is 1. The Morgan fingerprint density at radius 3 is 2.62 bits per heavy atom. The van der Waals surface area contributed by atoms with Crippen molar-refractivity contribution in [3.05, 3.63) is 45.1 Å². The second kappa shape index (κ2) is 9.70. The van der Waals surface area contributed by atoms with Gasteiger partial charge in [-0.3, -0.25) is 4.79 Å². The summed E-state index contributed by atoms with van der Waals surface area (Å²) >= 11 is 1.60. The number of aryl methyl sites for hydroxylation is 1. The van der Waals surface area contributed by atoms with Crippen LogP contribution in [0.4, 0.5) is 16.2 Å². The molecule has 2 aromatic rings. The van der Waals surface area contributed by atoms with Crippen LogP contribution in [0.3, 0.4) is 0 Å². The Hall–Kier alpha value is -2.91. The Kier molecular flexibility index (Phi) is 6.76. The summed E-state index contributed by atoms with van der Waals surface area (Å²) < 4.78 is 11.4. The Labute approximate surface area is 191 Å². The molecule has 0 unspecified atom stereocenters. The summed E-state index contributed by atoms with van der Waals surface area (Å²) in [6.45, 7) is 6.84. The maximum absolute atomic E-state index is 13.4. The number of thiophene rings is 1. The highest BCUT2D eigenvalue weighted by Crippen LogP contribution is 2.34. The number of ether oxygens (including phenoxy) is 2. The van der Waals surface area contributed by atoms with Crippen molar-refractivity contribution in [3.63, 3.8) is 0 Å². The lowest BCUT2D eigenvalue weighted by atomic mass is 10.2. The number of nitrogens with zero attached hydrogens (tertiary/aromatic N) is 4. The molecule has 1 saturated heterocycles. The number of piperazine rings is 1. The van der Waals surface area contributed by atoms with Crippen molar-refractivity contribution in [2.75, 3.05) is 44.9 Å². The number of carbonyl (C=O) groups excluding carboxylic acids is 2. The van der Waals surface area contributed by atoms with Gasteiger partial charge in [-0.2, -0.15) is 0 Å². The molecule has 0 atom stereocenters. The number of rotatable bonds is 5. The van der Waals surface area contributed by atoms with Gasteiger partial charge in [0.25, 0.3) is 0 Å². The molecular weight excluding hydrogens is 428 g/mol. The molecule has 0 N–H and O–H groups in total. The van der Waals surface area contributed by atoms with E-state index in [9.17, 15) is 9.59 Å². The lowest BCUT2D eigenvalue weighted by molar-refractivity contribution is -0.151. The molecule has 170 valence electrons. The Morgan fingerprint density at radius 2 is 1.88 bits per heavy atom. The summed E-state index contributed by atoms with van der Waals surface area (Å²) in [6, 6.07) is 9.61.